The molecule has 28 heavy (non-hydrogen) atoms. The molecule has 3 atom stereocenters. The fourth-order valence-electron chi connectivity index (χ4n) is 6.24. The third-order valence-corrected chi connectivity index (χ3v) is 7.78. The summed E-state index contributed by atoms with van der Waals surface area (Å²) in [7, 11) is -3.09. The Labute approximate surface area is 190 Å². The number of halogens is 1. The maximum atomic E-state index is 11.2. The van der Waals surface area contributed by atoms with Gasteiger partial charge >= 0.3 is 7.82 Å². The van der Waals surface area contributed by atoms with Crippen molar-refractivity contribution in [1.29, 1.82) is 0 Å². The molecular formula is C18H22ClNaO7P. The van der Waals surface area contributed by atoms with E-state index in [9.17, 15) is 4.57 Å². The van der Waals surface area contributed by atoms with Crippen LogP contribution in [0.15, 0.2) is 24.3 Å². The third-order valence-electron chi connectivity index (χ3n) is 6.86. The van der Waals surface area contributed by atoms with Crippen molar-refractivity contribution < 1.29 is 33.4 Å². The van der Waals surface area contributed by atoms with Gasteiger partial charge < -0.3 is 9.26 Å². The molecule has 5 fully saturated rings. The molecule has 1 aliphatic heterocycles. The van der Waals surface area contributed by atoms with Crippen LogP contribution >= 0.6 is 19.4 Å². The van der Waals surface area contributed by atoms with Crippen molar-refractivity contribution in [3.8, 4) is 5.75 Å². The van der Waals surface area contributed by atoms with Crippen molar-refractivity contribution in [3.63, 3.8) is 0 Å². The molecule has 4 bridgehead atoms. The minimum Gasteiger partial charge on any atom is -0.404 e. The largest absolute Gasteiger partial charge is 0.524 e. The fourth-order valence-corrected chi connectivity index (χ4v) is 7.22. The molecule has 0 aromatic heterocycles. The van der Waals surface area contributed by atoms with Gasteiger partial charge in [0.1, 0.15) is 5.75 Å². The molecule has 10 heteroatoms. The van der Waals surface area contributed by atoms with Crippen molar-refractivity contribution in [1.82, 2.24) is 0 Å². The van der Waals surface area contributed by atoms with E-state index in [1.807, 2.05) is 6.07 Å². The summed E-state index contributed by atoms with van der Waals surface area (Å²) in [5.41, 5.74) is -0.0176. The first-order chi connectivity index (χ1) is 12.7. The minimum atomic E-state index is -4.66. The van der Waals surface area contributed by atoms with Crippen LogP contribution < -0.4 is 4.52 Å². The van der Waals surface area contributed by atoms with Gasteiger partial charge in [0.2, 0.25) is 0 Å². The quantitative estimate of drug-likeness (QED) is 0.322. The Morgan fingerprint density at radius 2 is 1.86 bits per heavy atom. The zero-order valence-corrected chi connectivity index (χ0v) is 19.5. The van der Waals surface area contributed by atoms with Gasteiger partial charge in [0, 0.05) is 47.1 Å². The average Bonchev–Trinajstić information content (AvgIpc) is 2.52. The number of alkyl halides is 1. The maximum absolute atomic E-state index is 11.2. The van der Waals surface area contributed by atoms with E-state index in [4.69, 9.17) is 40.4 Å². The fraction of sp³-hybridized carbons (Fsp3) is 0.667. The van der Waals surface area contributed by atoms with E-state index in [1.54, 1.807) is 19.2 Å². The molecule has 1 radical (unpaired) electrons. The van der Waals surface area contributed by atoms with Crippen molar-refractivity contribution in [2.75, 3.05) is 7.11 Å². The first-order valence-electron chi connectivity index (χ1n) is 9.16. The molecule has 1 aromatic rings. The van der Waals surface area contributed by atoms with Gasteiger partial charge in [-0.1, -0.05) is 12.1 Å². The number of benzene rings is 1. The molecule has 2 N–H and O–H groups in total. The van der Waals surface area contributed by atoms with E-state index in [-0.39, 0.29) is 52.0 Å². The van der Waals surface area contributed by atoms with Crippen LogP contribution in [-0.2, 0) is 24.9 Å². The van der Waals surface area contributed by atoms with Crippen LogP contribution in [0.4, 0.5) is 0 Å². The molecule has 1 heterocycles. The second-order valence-electron chi connectivity index (χ2n) is 8.38. The number of hydrogen-bond acceptors (Lipinski definition) is 5. The van der Waals surface area contributed by atoms with Gasteiger partial charge in [-0.2, -0.15) is 4.89 Å². The summed E-state index contributed by atoms with van der Waals surface area (Å²) in [6, 6.07) is 6.51. The minimum absolute atomic E-state index is 0. The second kappa shape index (κ2) is 6.92. The van der Waals surface area contributed by atoms with Crippen molar-refractivity contribution >= 4 is 49.0 Å². The van der Waals surface area contributed by atoms with Crippen molar-refractivity contribution in [3.05, 3.63) is 29.8 Å². The predicted molar refractivity (Wildman–Crippen MR) is 101 cm³/mol. The zero-order chi connectivity index (χ0) is 19.1. The smallest absolute Gasteiger partial charge is 0.404 e. The number of hydrogen-bond donors (Lipinski definition) is 2. The van der Waals surface area contributed by atoms with Crippen molar-refractivity contribution in [2.24, 2.45) is 17.8 Å². The Morgan fingerprint density at radius 1 is 1.18 bits per heavy atom. The summed E-state index contributed by atoms with van der Waals surface area (Å²) in [5, 5.41) is 0. The van der Waals surface area contributed by atoms with Gasteiger partial charge in [-0.05, 0) is 62.0 Å². The monoisotopic (exact) mass is 439 g/mol. The van der Waals surface area contributed by atoms with Gasteiger partial charge in [0.15, 0.2) is 5.60 Å². The Bertz CT molecular complexity index is 812. The molecule has 149 valence electrons. The number of ether oxygens (including phenoxy) is 1. The Hall–Kier alpha value is 0.340. The summed E-state index contributed by atoms with van der Waals surface area (Å²) in [4.78, 5) is 29.6. The number of phosphoric ester groups is 1. The van der Waals surface area contributed by atoms with E-state index >= 15 is 0 Å². The standard InChI is InChI=1S/C18H22ClO7P.Na/c1-23-18(12-3-2-4-15(7-12)24-27(20,21)22)17(25-26-18)13-5-11-6-14(17)10-16(19,8-11)9-13;/h2-4,7,11,13-14H,5-6,8-10H2,1H3,(H2,20,21,22);. The molecule has 3 unspecified atom stereocenters. The SMILES string of the molecule is COC1(c2cccc(OP(=O)(O)O)c2)OOC12C1CC3CC2CC(Cl)(C3)C1.[Na]. The van der Waals surface area contributed by atoms with Crippen LogP contribution in [0.2, 0.25) is 0 Å². The first-order valence-corrected chi connectivity index (χ1v) is 11.1. The van der Waals surface area contributed by atoms with Crippen LogP contribution in [0.1, 0.15) is 37.7 Å². The van der Waals surface area contributed by atoms with Gasteiger partial charge in [-0.25, -0.2) is 9.45 Å². The number of methoxy groups -OCH3 is 1. The predicted octanol–water partition coefficient (Wildman–Crippen LogP) is 3.09. The Balaban J connectivity index is 0.00000192. The molecule has 0 amide bonds. The number of phosphoric acid groups is 1. The molecule has 1 spiro atoms. The van der Waals surface area contributed by atoms with E-state index in [0.29, 0.717) is 11.5 Å². The first kappa shape index (κ1) is 21.6. The topological polar surface area (TPSA) is 94.5 Å². The molecular weight excluding hydrogens is 418 g/mol. The van der Waals surface area contributed by atoms with Crippen LogP contribution in [0.25, 0.3) is 0 Å². The molecule has 1 aromatic carbocycles. The Kier molecular flexibility index (Phi) is 5.33. The summed E-state index contributed by atoms with van der Waals surface area (Å²) in [6.45, 7) is 0. The molecule has 5 aliphatic rings. The molecule has 7 nitrogen and oxygen atoms in total. The third kappa shape index (κ3) is 2.98. The zero-order valence-electron chi connectivity index (χ0n) is 15.8. The molecule has 6 rings (SSSR count). The van der Waals surface area contributed by atoms with E-state index in [0.717, 1.165) is 32.1 Å². The van der Waals surface area contributed by atoms with Crippen LogP contribution in [-0.4, -0.2) is 56.9 Å². The summed E-state index contributed by atoms with van der Waals surface area (Å²) < 4.78 is 21.9. The van der Waals surface area contributed by atoms with Gasteiger partial charge in [0.25, 0.3) is 5.79 Å². The van der Waals surface area contributed by atoms with Gasteiger partial charge in [-0.15, -0.1) is 11.6 Å². The average molecular weight is 440 g/mol. The molecule has 4 saturated carbocycles. The van der Waals surface area contributed by atoms with Crippen LogP contribution in [0, 0.1) is 17.8 Å². The van der Waals surface area contributed by atoms with Gasteiger partial charge in [0.05, 0.1) is 0 Å². The van der Waals surface area contributed by atoms with E-state index in [1.165, 1.54) is 6.07 Å². The summed E-state index contributed by atoms with van der Waals surface area (Å²) in [6.07, 6.45) is 4.82. The Morgan fingerprint density at radius 3 is 2.36 bits per heavy atom. The van der Waals surface area contributed by atoms with Crippen LogP contribution in [0.3, 0.4) is 0 Å². The van der Waals surface area contributed by atoms with Gasteiger partial charge in [-0.3, -0.25) is 9.79 Å². The van der Waals surface area contributed by atoms with E-state index in [2.05, 4.69) is 0 Å². The van der Waals surface area contributed by atoms with Crippen molar-refractivity contribution in [2.45, 2.75) is 48.4 Å². The summed E-state index contributed by atoms with van der Waals surface area (Å²) in [5.74, 6) is -0.0613. The second-order valence-corrected chi connectivity index (χ2v) is 10.4. The summed E-state index contributed by atoms with van der Waals surface area (Å²) >= 11 is 6.88. The van der Waals surface area contributed by atoms with E-state index < -0.39 is 19.2 Å². The normalized spacial score (nSPS) is 43.5. The maximum Gasteiger partial charge on any atom is 0.524 e. The molecule has 1 saturated heterocycles. The number of rotatable bonds is 4. The van der Waals surface area contributed by atoms with Crippen LogP contribution in [0.5, 0.6) is 5.75 Å². The molecule has 4 aliphatic carbocycles.